The van der Waals surface area contributed by atoms with Crippen LogP contribution < -0.4 is 5.73 Å². The predicted octanol–water partition coefficient (Wildman–Crippen LogP) is 2.57. The molecule has 0 spiro atoms. The lowest BCUT2D eigenvalue weighted by Gasteiger charge is -2.06. The Kier molecular flexibility index (Phi) is 6.00. The molecule has 0 fully saturated rings. The zero-order valence-electron chi connectivity index (χ0n) is 7.62. The molecule has 0 saturated heterocycles. The molecule has 15 heavy (non-hydrogen) atoms. The highest BCUT2D eigenvalue weighted by atomic mass is 35.5. The molecule has 86 valence electrons. The number of thioether (sulfide) groups is 1. The molecular formula is C8H10ClF3N2S. The van der Waals surface area contributed by atoms with Crippen LogP contribution in [0.25, 0.3) is 0 Å². The van der Waals surface area contributed by atoms with Crippen LogP contribution >= 0.6 is 24.2 Å². The Morgan fingerprint density at radius 1 is 1.33 bits per heavy atom. The van der Waals surface area contributed by atoms with Gasteiger partial charge in [0.2, 0.25) is 0 Å². The number of nitrogens with two attached hydrogens (primary N) is 1. The lowest BCUT2D eigenvalue weighted by molar-refractivity contribution is -0.137. The van der Waals surface area contributed by atoms with Crippen LogP contribution in [0, 0.1) is 0 Å². The minimum absolute atomic E-state index is 0. The molecule has 0 amide bonds. The Balaban J connectivity index is 0.00000196. The largest absolute Gasteiger partial charge is 0.417 e. The molecule has 0 aliphatic rings. The summed E-state index contributed by atoms with van der Waals surface area (Å²) in [6.07, 6.45) is -3.48. The number of hydrogen-bond acceptors (Lipinski definition) is 3. The van der Waals surface area contributed by atoms with Gasteiger partial charge in [0.1, 0.15) is 0 Å². The van der Waals surface area contributed by atoms with Crippen molar-refractivity contribution in [2.24, 2.45) is 5.73 Å². The Labute approximate surface area is 95.9 Å². The van der Waals surface area contributed by atoms with Gasteiger partial charge in [0.25, 0.3) is 0 Å². The van der Waals surface area contributed by atoms with Crippen LogP contribution in [0.15, 0.2) is 23.4 Å². The van der Waals surface area contributed by atoms with Crippen molar-refractivity contribution in [1.29, 1.82) is 0 Å². The van der Waals surface area contributed by atoms with E-state index in [4.69, 9.17) is 5.73 Å². The molecular weight excluding hydrogens is 249 g/mol. The van der Waals surface area contributed by atoms with Crippen LogP contribution in [0.5, 0.6) is 0 Å². The van der Waals surface area contributed by atoms with Gasteiger partial charge in [-0.1, -0.05) is 0 Å². The summed E-state index contributed by atoms with van der Waals surface area (Å²) in [6.45, 7) is 0.480. The normalized spacial score (nSPS) is 10.9. The summed E-state index contributed by atoms with van der Waals surface area (Å²) in [6, 6.07) is 2.37. The molecule has 2 N–H and O–H groups in total. The quantitative estimate of drug-likeness (QED) is 0.847. The Hall–Kier alpha value is -0.460. The molecule has 0 bridgehead atoms. The van der Waals surface area contributed by atoms with E-state index in [1.165, 1.54) is 17.8 Å². The SMILES string of the molecule is Cl.NCCSc1ccc(C(F)(F)F)cn1. The highest BCUT2D eigenvalue weighted by Gasteiger charge is 2.30. The molecule has 0 radical (unpaired) electrons. The van der Waals surface area contributed by atoms with E-state index in [1.54, 1.807) is 0 Å². The van der Waals surface area contributed by atoms with Crippen LogP contribution in [-0.4, -0.2) is 17.3 Å². The van der Waals surface area contributed by atoms with E-state index in [9.17, 15) is 13.2 Å². The van der Waals surface area contributed by atoms with Crippen molar-refractivity contribution in [3.8, 4) is 0 Å². The van der Waals surface area contributed by atoms with Gasteiger partial charge in [0.05, 0.1) is 10.6 Å². The van der Waals surface area contributed by atoms with E-state index in [-0.39, 0.29) is 12.4 Å². The number of rotatable bonds is 3. The summed E-state index contributed by atoms with van der Waals surface area (Å²) in [7, 11) is 0. The highest BCUT2D eigenvalue weighted by Crippen LogP contribution is 2.29. The van der Waals surface area contributed by atoms with Gasteiger partial charge in [0.15, 0.2) is 0 Å². The first-order valence-corrected chi connectivity index (χ1v) is 4.88. The average Bonchev–Trinajstić information content (AvgIpc) is 2.14. The molecule has 1 aromatic rings. The summed E-state index contributed by atoms with van der Waals surface area (Å²) in [5.41, 5.74) is 4.52. The summed E-state index contributed by atoms with van der Waals surface area (Å²) >= 11 is 1.34. The first kappa shape index (κ1) is 14.5. The maximum atomic E-state index is 12.1. The molecule has 7 heteroatoms. The zero-order valence-corrected chi connectivity index (χ0v) is 9.25. The molecule has 1 aromatic heterocycles. The van der Waals surface area contributed by atoms with E-state index >= 15 is 0 Å². The zero-order chi connectivity index (χ0) is 10.6. The van der Waals surface area contributed by atoms with E-state index in [1.807, 2.05) is 0 Å². The third-order valence-corrected chi connectivity index (χ3v) is 2.41. The molecule has 0 aromatic carbocycles. The third kappa shape index (κ3) is 4.72. The second-order valence-corrected chi connectivity index (χ2v) is 3.64. The van der Waals surface area contributed by atoms with Crippen LogP contribution in [-0.2, 0) is 6.18 Å². The van der Waals surface area contributed by atoms with Crippen molar-refractivity contribution in [1.82, 2.24) is 4.98 Å². The van der Waals surface area contributed by atoms with Crippen molar-refractivity contribution in [3.63, 3.8) is 0 Å². The minimum Gasteiger partial charge on any atom is -0.330 e. The first-order chi connectivity index (χ1) is 6.54. The summed E-state index contributed by atoms with van der Waals surface area (Å²) in [5.74, 6) is 0.651. The Morgan fingerprint density at radius 3 is 2.40 bits per heavy atom. The van der Waals surface area contributed by atoms with Crippen molar-refractivity contribution in [2.45, 2.75) is 11.2 Å². The Bertz CT molecular complexity index is 289. The number of nitrogens with zero attached hydrogens (tertiary/aromatic N) is 1. The molecule has 0 saturated carbocycles. The fourth-order valence-electron chi connectivity index (χ4n) is 0.797. The first-order valence-electron chi connectivity index (χ1n) is 3.90. The van der Waals surface area contributed by atoms with Crippen molar-refractivity contribution < 1.29 is 13.2 Å². The number of alkyl halides is 3. The van der Waals surface area contributed by atoms with E-state index < -0.39 is 11.7 Å². The number of hydrogen-bond donors (Lipinski definition) is 1. The van der Waals surface area contributed by atoms with E-state index in [0.717, 1.165) is 12.3 Å². The van der Waals surface area contributed by atoms with E-state index in [2.05, 4.69) is 4.98 Å². The van der Waals surface area contributed by atoms with Crippen LogP contribution in [0.1, 0.15) is 5.56 Å². The van der Waals surface area contributed by atoms with E-state index in [0.29, 0.717) is 17.3 Å². The second kappa shape index (κ2) is 6.19. The molecule has 1 rings (SSSR count). The van der Waals surface area contributed by atoms with Gasteiger partial charge < -0.3 is 5.73 Å². The van der Waals surface area contributed by atoms with Gasteiger partial charge in [-0.25, -0.2) is 4.98 Å². The van der Waals surface area contributed by atoms with Gasteiger partial charge in [-0.05, 0) is 12.1 Å². The molecule has 0 atom stereocenters. The van der Waals surface area contributed by atoms with Gasteiger partial charge in [-0.3, -0.25) is 0 Å². The lowest BCUT2D eigenvalue weighted by atomic mass is 10.3. The molecule has 2 nitrogen and oxygen atoms in total. The van der Waals surface area contributed by atoms with Crippen molar-refractivity contribution in [2.75, 3.05) is 12.3 Å². The maximum absolute atomic E-state index is 12.1. The molecule has 0 aliphatic carbocycles. The number of pyridine rings is 1. The van der Waals surface area contributed by atoms with Crippen LogP contribution in [0.3, 0.4) is 0 Å². The molecule has 0 unspecified atom stereocenters. The fourth-order valence-corrected chi connectivity index (χ4v) is 1.42. The van der Waals surface area contributed by atoms with Crippen molar-refractivity contribution in [3.05, 3.63) is 23.9 Å². The average molecular weight is 259 g/mol. The maximum Gasteiger partial charge on any atom is 0.417 e. The Morgan fingerprint density at radius 2 is 2.00 bits per heavy atom. The minimum atomic E-state index is -4.32. The van der Waals surface area contributed by atoms with Crippen LogP contribution in [0.2, 0.25) is 0 Å². The van der Waals surface area contributed by atoms with Gasteiger partial charge >= 0.3 is 6.18 Å². The van der Waals surface area contributed by atoms with Gasteiger partial charge in [0, 0.05) is 18.5 Å². The summed E-state index contributed by atoms with van der Waals surface area (Å²) < 4.78 is 36.3. The molecule has 1 heterocycles. The molecule has 0 aliphatic heterocycles. The van der Waals surface area contributed by atoms with Crippen LogP contribution in [0.4, 0.5) is 13.2 Å². The second-order valence-electron chi connectivity index (χ2n) is 2.52. The lowest BCUT2D eigenvalue weighted by Crippen LogP contribution is -2.05. The third-order valence-electron chi connectivity index (χ3n) is 1.43. The van der Waals surface area contributed by atoms with Gasteiger partial charge in [-0.15, -0.1) is 24.2 Å². The number of halogens is 4. The van der Waals surface area contributed by atoms with Gasteiger partial charge in [-0.2, -0.15) is 13.2 Å². The summed E-state index contributed by atoms with van der Waals surface area (Å²) in [4.78, 5) is 3.67. The highest BCUT2D eigenvalue weighted by molar-refractivity contribution is 7.99. The van der Waals surface area contributed by atoms with Crippen molar-refractivity contribution >= 4 is 24.2 Å². The fraction of sp³-hybridized carbons (Fsp3) is 0.375. The monoisotopic (exact) mass is 258 g/mol. The summed E-state index contributed by atoms with van der Waals surface area (Å²) in [5, 5.41) is 0.559. The number of aromatic nitrogens is 1. The standard InChI is InChI=1S/C8H9F3N2S.ClH/c9-8(10,11)6-1-2-7(13-5-6)14-4-3-12;/h1-2,5H,3-4,12H2;1H. The topological polar surface area (TPSA) is 38.9 Å². The smallest absolute Gasteiger partial charge is 0.330 e. The predicted molar refractivity (Wildman–Crippen MR) is 56.3 cm³/mol.